The molecule has 158 valence electrons. The smallest absolute Gasteiger partial charge is 0.260 e. The van der Waals surface area contributed by atoms with Gasteiger partial charge in [-0.05, 0) is 54.3 Å². The fraction of sp³-hybridized carbons (Fsp3) is 0.174. The van der Waals surface area contributed by atoms with Gasteiger partial charge in [-0.15, -0.1) is 11.8 Å². The zero-order chi connectivity index (χ0) is 21.8. The van der Waals surface area contributed by atoms with E-state index in [-0.39, 0.29) is 5.91 Å². The van der Waals surface area contributed by atoms with Gasteiger partial charge in [-0.3, -0.25) is 14.7 Å². The highest BCUT2D eigenvalue weighted by atomic mass is 32.2. The Hall–Kier alpha value is -3.10. The van der Waals surface area contributed by atoms with Crippen LogP contribution < -0.4 is 14.4 Å². The van der Waals surface area contributed by atoms with Crippen molar-refractivity contribution in [2.75, 3.05) is 25.4 Å². The number of pyridine rings is 1. The van der Waals surface area contributed by atoms with Crippen LogP contribution in [0.1, 0.15) is 15.9 Å². The number of hydrogen-bond acceptors (Lipinski definition) is 7. The standard InChI is InChI=1S/C23H21N3O3S2/c1-28-19-9-6-16(11-20(19)29-2)22(27)26(14-15-5-4-10-24-13-15)23-25-18-8-7-17(30-3)12-21(18)31-23/h4-13H,14H2,1-3H3. The van der Waals surface area contributed by atoms with Crippen LogP contribution in [0.4, 0.5) is 5.13 Å². The summed E-state index contributed by atoms with van der Waals surface area (Å²) in [5.41, 5.74) is 2.28. The van der Waals surface area contributed by atoms with E-state index in [0.717, 1.165) is 20.7 Å². The third-order valence-electron chi connectivity index (χ3n) is 4.75. The van der Waals surface area contributed by atoms with E-state index < -0.39 is 0 Å². The molecule has 4 aromatic rings. The Morgan fingerprint density at radius 2 is 1.94 bits per heavy atom. The zero-order valence-electron chi connectivity index (χ0n) is 17.4. The molecule has 2 aromatic carbocycles. The highest BCUT2D eigenvalue weighted by Crippen LogP contribution is 2.34. The molecule has 0 unspecified atom stereocenters. The molecule has 2 heterocycles. The molecule has 8 heteroatoms. The molecule has 0 N–H and O–H groups in total. The molecule has 0 saturated heterocycles. The molecule has 0 fully saturated rings. The van der Waals surface area contributed by atoms with Gasteiger partial charge in [-0.1, -0.05) is 17.4 Å². The van der Waals surface area contributed by atoms with Crippen molar-refractivity contribution < 1.29 is 14.3 Å². The van der Waals surface area contributed by atoms with Crippen molar-refractivity contribution in [3.63, 3.8) is 0 Å². The van der Waals surface area contributed by atoms with E-state index in [9.17, 15) is 4.79 Å². The summed E-state index contributed by atoms with van der Waals surface area (Å²) in [4.78, 5) is 25.4. The SMILES string of the molecule is COc1ccc(C(=O)N(Cc2cccnc2)c2nc3ccc(SC)cc3s2)cc1OC. The predicted octanol–water partition coefficient (Wildman–Crippen LogP) is 5.28. The highest BCUT2D eigenvalue weighted by molar-refractivity contribution is 7.98. The van der Waals surface area contributed by atoms with E-state index in [2.05, 4.69) is 11.1 Å². The van der Waals surface area contributed by atoms with Crippen LogP contribution in [0.15, 0.2) is 65.8 Å². The van der Waals surface area contributed by atoms with Crippen LogP contribution in [0.5, 0.6) is 11.5 Å². The second-order valence-corrected chi connectivity index (χ2v) is 8.54. The number of carbonyl (C=O) groups excluding carboxylic acids is 1. The third kappa shape index (κ3) is 4.50. The number of fused-ring (bicyclic) bond motifs is 1. The van der Waals surface area contributed by atoms with Gasteiger partial charge in [0.1, 0.15) is 0 Å². The number of thioether (sulfide) groups is 1. The number of nitrogens with zero attached hydrogens (tertiary/aromatic N) is 3. The number of aromatic nitrogens is 2. The maximum Gasteiger partial charge on any atom is 0.260 e. The predicted molar refractivity (Wildman–Crippen MR) is 126 cm³/mol. The number of anilines is 1. The van der Waals surface area contributed by atoms with E-state index in [1.54, 1.807) is 61.5 Å². The van der Waals surface area contributed by atoms with Crippen LogP contribution in [0, 0.1) is 0 Å². The number of carbonyl (C=O) groups is 1. The minimum Gasteiger partial charge on any atom is -0.493 e. The minimum absolute atomic E-state index is 0.172. The molecule has 0 saturated carbocycles. The van der Waals surface area contributed by atoms with Gasteiger partial charge < -0.3 is 9.47 Å². The quantitative estimate of drug-likeness (QED) is 0.356. The Morgan fingerprint density at radius 3 is 2.65 bits per heavy atom. The van der Waals surface area contributed by atoms with Crippen LogP contribution >= 0.6 is 23.1 Å². The number of hydrogen-bond donors (Lipinski definition) is 0. The molecule has 31 heavy (non-hydrogen) atoms. The van der Waals surface area contributed by atoms with Gasteiger partial charge >= 0.3 is 0 Å². The zero-order valence-corrected chi connectivity index (χ0v) is 19.0. The number of amides is 1. The van der Waals surface area contributed by atoms with E-state index >= 15 is 0 Å². The second kappa shape index (κ2) is 9.36. The average molecular weight is 452 g/mol. The van der Waals surface area contributed by atoms with E-state index in [1.165, 1.54) is 11.3 Å². The molecule has 4 rings (SSSR count). The Kier molecular flexibility index (Phi) is 6.39. The Balaban J connectivity index is 1.76. The number of rotatable bonds is 7. The lowest BCUT2D eigenvalue weighted by Crippen LogP contribution is -2.30. The molecular formula is C23H21N3O3S2. The van der Waals surface area contributed by atoms with Gasteiger partial charge in [0.05, 0.1) is 31.0 Å². The fourth-order valence-electron chi connectivity index (χ4n) is 3.16. The summed E-state index contributed by atoms with van der Waals surface area (Å²) in [5.74, 6) is 0.903. The molecule has 1 amide bonds. The summed E-state index contributed by atoms with van der Waals surface area (Å²) in [6.45, 7) is 0.357. The lowest BCUT2D eigenvalue weighted by atomic mass is 10.1. The first kappa shape index (κ1) is 21.1. The van der Waals surface area contributed by atoms with Gasteiger partial charge in [-0.2, -0.15) is 0 Å². The highest BCUT2D eigenvalue weighted by Gasteiger charge is 2.23. The van der Waals surface area contributed by atoms with E-state index in [4.69, 9.17) is 14.5 Å². The lowest BCUT2D eigenvalue weighted by molar-refractivity contribution is 0.0984. The maximum absolute atomic E-state index is 13.6. The number of benzene rings is 2. The summed E-state index contributed by atoms with van der Waals surface area (Å²) in [6.07, 6.45) is 5.51. The van der Waals surface area contributed by atoms with Crippen molar-refractivity contribution in [2.45, 2.75) is 11.4 Å². The summed E-state index contributed by atoms with van der Waals surface area (Å²) in [5, 5.41) is 0.636. The first-order chi connectivity index (χ1) is 15.1. The van der Waals surface area contributed by atoms with Crippen LogP contribution in [-0.2, 0) is 6.54 Å². The van der Waals surface area contributed by atoms with Crippen molar-refractivity contribution in [3.8, 4) is 11.5 Å². The number of methoxy groups -OCH3 is 2. The lowest BCUT2D eigenvalue weighted by Gasteiger charge is -2.20. The Bertz CT molecular complexity index is 1210. The van der Waals surface area contributed by atoms with Crippen molar-refractivity contribution in [2.24, 2.45) is 0 Å². The molecule has 0 aliphatic rings. The van der Waals surface area contributed by atoms with Crippen molar-refractivity contribution >= 4 is 44.4 Å². The molecule has 2 aromatic heterocycles. The van der Waals surface area contributed by atoms with E-state index in [0.29, 0.717) is 28.7 Å². The molecule has 6 nitrogen and oxygen atoms in total. The topological polar surface area (TPSA) is 64.5 Å². The Labute approximate surface area is 188 Å². The monoisotopic (exact) mass is 451 g/mol. The molecule has 0 spiro atoms. The van der Waals surface area contributed by atoms with Crippen molar-refractivity contribution in [1.29, 1.82) is 0 Å². The van der Waals surface area contributed by atoms with Gasteiger partial charge in [0, 0.05) is 22.9 Å². The molecule has 0 aliphatic carbocycles. The maximum atomic E-state index is 13.6. The normalized spacial score (nSPS) is 10.8. The van der Waals surface area contributed by atoms with Crippen molar-refractivity contribution in [1.82, 2.24) is 9.97 Å². The van der Waals surface area contributed by atoms with Crippen LogP contribution in [0.2, 0.25) is 0 Å². The summed E-state index contributed by atoms with van der Waals surface area (Å²) < 4.78 is 11.7. The number of ether oxygens (including phenoxy) is 2. The van der Waals surface area contributed by atoms with Gasteiger partial charge in [-0.25, -0.2) is 4.98 Å². The third-order valence-corrected chi connectivity index (χ3v) is 6.52. The summed E-state index contributed by atoms with van der Waals surface area (Å²) >= 11 is 3.18. The van der Waals surface area contributed by atoms with Crippen molar-refractivity contribution in [3.05, 3.63) is 72.1 Å². The van der Waals surface area contributed by atoms with Gasteiger partial charge in [0.2, 0.25) is 0 Å². The number of thiazole rings is 1. The summed E-state index contributed by atoms with van der Waals surface area (Å²) in [6, 6.07) is 15.1. The molecule has 0 atom stereocenters. The van der Waals surface area contributed by atoms with Crippen LogP contribution in [0.3, 0.4) is 0 Å². The second-order valence-electron chi connectivity index (χ2n) is 6.65. The van der Waals surface area contributed by atoms with Gasteiger partial charge in [0.15, 0.2) is 16.6 Å². The molecule has 0 radical (unpaired) electrons. The molecule has 0 aliphatic heterocycles. The average Bonchev–Trinajstić information content (AvgIpc) is 3.25. The van der Waals surface area contributed by atoms with Gasteiger partial charge in [0.25, 0.3) is 5.91 Å². The molecular weight excluding hydrogens is 430 g/mol. The first-order valence-corrected chi connectivity index (χ1v) is 11.5. The summed E-state index contributed by atoms with van der Waals surface area (Å²) in [7, 11) is 3.12. The molecule has 0 bridgehead atoms. The fourth-order valence-corrected chi connectivity index (χ4v) is 4.68. The van der Waals surface area contributed by atoms with E-state index in [1.807, 2.05) is 30.5 Å². The van der Waals surface area contributed by atoms with Crippen LogP contribution in [0.25, 0.3) is 10.2 Å². The largest absolute Gasteiger partial charge is 0.493 e. The van der Waals surface area contributed by atoms with Crippen LogP contribution in [-0.4, -0.2) is 36.4 Å². The first-order valence-electron chi connectivity index (χ1n) is 9.50. The minimum atomic E-state index is -0.172. The Morgan fingerprint density at radius 1 is 1.10 bits per heavy atom.